The lowest BCUT2D eigenvalue weighted by molar-refractivity contribution is 0.0800. The third kappa shape index (κ3) is 4.64. The molecule has 1 aliphatic carbocycles. The van der Waals surface area contributed by atoms with Gasteiger partial charge in [-0.15, -0.1) is 0 Å². The number of hydrogen-bond acceptors (Lipinski definition) is 5. The number of pyridine rings is 1. The summed E-state index contributed by atoms with van der Waals surface area (Å²) in [6.45, 7) is 6.60. The van der Waals surface area contributed by atoms with Gasteiger partial charge in [0.2, 0.25) is 0 Å². The summed E-state index contributed by atoms with van der Waals surface area (Å²) in [5.41, 5.74) is 9.12. The Morgan fingerprint density at radius 2 is 2.03 bits per heavy atom. The van der Waals surface area contributed by atoms with Crippen molar-refractivity contribution in [3.8, 4) is 0 Å². The van der Waals surface area contributed by atoms with E-state index in [-0.39, 0.29) is 6.10 Å². The molecule has 0 saturated heterocycles. The van der Waals surface area contributed by atoms with Gasteiger partial charge < -0.3 is 25.5 Å². The van der Waals surface area contributed by atoms with Crippen LogP contribution in [0.3, 0.4) is 0 Å². The minimum atomic E-state index is -0.880. The fourth-order valence-corrected chi connectivity index (χ4v) is 5.16. The average molecular weight is 471 g/mol. The zero-order chi connectivity index (χ0) is 24.6. The number of aromatic nitrogens is 2. The van der Waals surface area contributed by atoms with Crippen LogP contribution >= 0.6 is 0 Å². The second kappa shape index (κ2) is 9.36. The standard InChI is InChI=1S/C29H34N4O2/c1-18-16-20(33-25-13-15-31-28-22(25)9-11-26(28)35-4)8-10-24(18)30-14-12-19-17-32-27-21(19)6-5-7-23(27)29(2,3)34/h5-8,10,13,15-17,26,30,32,34H,9,11-12,14H2,1-4H3,(H,31,33). The fraction of sp³-hybridized carbons (Fsp3) is 0.345. The van der Waals surface area contributed by atoms with Gasteiger partial charge in [0.15, 0.2) is 0 Å². The van der Waals surface area contributed by atoms with Crippen molar-refractivity contribution < 1.29 is 9.84 Å². The van der Waals surface area contributed by atoms with Gasteiger partial charge in [0.25, 0.3) is 0 Å². The SMILES string of the molecule is COC1CCc2c(Nc3ccc(NCCc4c[nH]c5c(C(C)(C)O)cccc45)c(C)c3)ccnc21. The molecule has 182 valence electrons. The molecular formula is C29H34N4O2. The molecule has 1 unspecified atom stereocenters. The first-order chi connectivity index (χ1) is 16.8. The first-order valence-corrected chi connectivity index (χ1v) is 12.3. The smallest absolute Gasteiger partial charge is 0.0997 e. The number of nitrogens with one attached hydrogen (secondary N) is 3. The minimum absolute atomic E-state index is 0.0962. The fourth-order valence-electron chi connectivity index (χ4n) is 5.16. The van der Waals surface area contributed by atoms with Crippen molar-refractivity contribution in [2.75, 3.05) is 24.3 Å². The number of fused-ring (bicyclic) bond motifs is 2. The lowest BCUT2D eigenvalue weighted by atomic mass is 9.95. The molecule has 4 aromatic rings. The van der Waals surface area contributed by atoms with E-state index in [0.717, 1.165) is 59.6 Å². The van der Waals surface area contributed by atoms with Crippen LogP contribution in [-0.4, -0.2) is 28.7 Å². The quantitative estimate of drug-likeness (QED) is 0.249. The van der Waals surface area contributed by atoms with Gasteiger partial charge in [-0.1, -0.05) is 18.2 Å². The number of rotatable bonds is 8. The van der Waals surface area contributed by atoms with Crippen molar-refractivity contribution in [1.29, 1.82) is 0 Å². The Balaban J connectivity index is 1.25. The van der Waals surface area contributed by atoms with Crippen molar-refractivity contribution in [1.82, 2.24) is 9.97 Å². The van der Waals surface area contributed by atoms with Crippen LogP contribution in [0.2, 0.25) is 0 Å². The van der Waals surface area contributed by atoms with Gasteiger partial charge in [-0.2, -0.15) is 0 Å². The van der Waals surface area contributed by atoms with Crippen LogP contribution in [0.5, 0.6) is 0 Å². The molecule has 35 heavy (non-hydrogen) atoms. The normalized spacial score (nSPS) is 15.4. The van der Waals surface area contributed by atoms with E-state index in [1.54, 1.807) is 7.11 Å². The number of methoxy groups -OCH3 is 1. The molecule has 0 bridgehead atoms. The van der Waals surface area contributed by atoms with E-state index in [4.69, 9.17) is 4.74 Å². The van der Waals surface area contributed by atoms with Crippen LogP contribution in [0.4, 0.5) is 17.1 Å². The highest BCUT2D eigenvalue weighted by Gasteiger charge is 2.26. The van der Waals surface area contributed by atoms with Crippen LogP contribution < -0.4 is 10.6 Å². The number of aryl methyl sites for hydroxylation is 1. The van der Waals surface area contributed by atoms with Crippen molar-refractivity contribution in [2.24, 2.45) is 0 Å². The molecule has 0 fully saturated rings. The molecule has 6 heteroatoms. The Labute approximate surface area is 206 Å². The minimum Gasteiger partial charge on any atom is -0.386 e. The summed E-state index contributed by atoms with van der Waals surface area (Å²) in [6, 6.07) is 14.6. The summed E-state index contributed by atoms with van der Waals surface area (Å²) in [6.07, 6.45) is 6.86. The summed E-state index contributed by atoms with van der Waals surface area (Å²) >= 11 is 0. The predicted octanol–water partition coefficient (Wildman–Crippen LogP) is 6.13. The molecule has 0 aliphatic heterocycles. The van der Waals surface area contributed by atoms with Crippen molar-refractivity contribution in [3.63, 3.8) is 0 Å². The van der Waals surface area contributed by atoms with Crippen LogP contribution in [0.25, 0.3) is 10.9 Å². The largest absolute Gasteiger partial charge is 0.386 e. The molecule has 5 rings (SSSR count). The molecule has 0 amide bonds. The van der Waals surface area contributed by atoms with Gasteiger partial charge >= 0.3 is 0 Å². The zero-order valence-corrected chi connectivity index (χ0v) is 20.9. The maximum absolute atomic E-state index is 10.5. The monoisotopic (exact) mass is 470 g/mol. The molecule has 0 saturated carbocycles. The van der Waals surface area contributed by atoms with Gasteiger partial charge in [-0.05, 0) is 81.0 Å². The number of anilines is 3. The van der Waals surface area contributed by atoms with Gasteiger partial charge in [0.05, 0.1) is 22.9 Å². The third-order valence-corrected chi connectivity index (χ3v) is 7.01. The topological polar surface area (TPSA) is 82.2 Å². The number of nitrogens with zero attached hydrogens (tertiary/aromatic N) is 1. The second-order valence-electron chi connectivity index (χ2n) is 9.92. The van der Waals surface area contributed by atoms with E-state index in [2.05, 4.69) is 58.0 Å². The maximum Gasteiger partial charge on any atom is 0.0997 e. The summed E-state index contributed by atoms with van der Waals surface area (Å²) in [5, 5.41) is 18.8. The van der Waals surface area contributed by atoms with Crippen molar-refractivity contribution in [3.05, 3.63) is 82.8 Å². The molecule has 2 heterocycles. The zero-order valence-electron chi connectivity index (χ0n) is 20.9. The summed E-state index contributed by atoms with van der Waals surface area (Å²) < 4.78 is 5.57. The molecule has 0 spiro atoms. The lowest BCUT2D eigenvalue weighted by Crippen LogP contribution is -2.15. The molecular weight excluding hydrogens is 436 g/mol. The molecule has 4 N–H and O–H groups in total. The van der Waals surface area contributed by atoms with Crippen LogP contribution in [0.15, 0.2) is 54.9 Å². The van der Waals surface area contributed by atoms with E-state index in [9.17, 15) is 5.11 Å². The van der Waals surface area contributed by atoms with E-state index in [1.807, 2.05) is 38.2 Å². The maximum atomic E-state index is 10.5. The van der Waals surface area contributed by atoms with E-state index in [1.165, 1.54) is 22.1 Å². The van der Waals surface area contributed by atoms with E-state index in [0.29, 0.717) is 0 Å². The predicted molar refractivity (Wildman–Crippen MR) is 143 cm³/mol. The molecule has 2 aromatic heterocycles. The number of para-hydroxylation sites is 1. The summed E-state index contributed by atoms with van der Waals surface area (Å²) in [7, 11) is 1.75. The Morgan fingerprint density at radius 3 is 2.80 bits per heavy atom. The van der Waals surface area contributed by atoms with E-state index < -0.39 is 5.60 Å². The van der Waals surface area contributed by atoms with Gasteiger partial charge in [-0.25, -0.2) is 0 Å². The van der Waals surface area contributed by atoms with Crippen LogP contribution in [-0.2, 0) is 23.2 Å². The number of H-pyrrole nitrogens is 1. The molecule has 2 aromatic carbocycles. The molecule has 6 nitrogen and oxygen atoms in total. The van der Waals surface area contributed by atoms with E-state index >= 15 is 0 Å². The number of hydrogen-bond donors (Lipinski definition) is 4. The van der Waals surface area contributed by atoms with Gasteiger partial charge in [-0.3, -0.25) is 4.98 Å². The Bertz CT molecular complexity index is 1350. The molecule has 1 aliphatic rings. The van der Waals surface area contributed by atoms with Gasteiger partial charge in [0.1, 0.15) is 0 Å². The second-order valence-corrected chi connectivity index (χ2v) is 9.92. The number of aromatic amines is 1. The number of aliphatic hydroxyl groups is 1. The van der Waals surface area contributed by atoms with Gasteiger partial charge in [0, 0.05) is 54.1 Å². The third-order valence-electron chi connectivity index (χ3n) is 7.01. The van der Waals surface area contributed by atoms with Crippen LogP contribution in [0, 0.1) is 6.92 Å². The van der Waals surface area contributed by atoms with Crippen LogP contribution in [0.1, 0.15) is 54.3 Å². The van der Waals surface area contributed by atoms with Crippen molar-refractivity contribution in [2.45, 2.75) is 51.7 Å². The van der Waals surface area contributed by atoms with Crippen molar-refractivity contribution >= 4 is 28.0 Å². The number of ether oxygens (including phenoxy) is 1. The molecule has 0 radical (unpaired) electrons. The number of benzene rings is 2. The lowest BCUT2D eigenvalue weighted by Gasteiger charge is -2.18. The highest BCUT2D eigenvalue weighted by atomic mass is 16.5. The first-order valence-electron chi connectivity index (χ1n) is 12.3. The molecule has 1 atom stereocenters. The Kier molecular flexibility index (Phi) is 6.26. The Hall–Kier alpha value is -3.35. The highest BCUT2D eigenvalue weighted by molar-refractivity contribution is 5.86. The first kappa shape index (κ1) is 23.4. The summed E-state index contributed by atoms with van der Waals surface area (Å²) in [5.74, 6) is 0. The highest BCUT2D eigenvalue weighted by Crippen LogP contribution is 2.37. The Morgan fingerprint density at radius 1 is 1.17 bits per heavy atom. The summed E-state index contributed by atoms with van der Waals surface area (Å²) in [4.78, 5) is 7.92. The average Bonchev–Trinajstić information content (AvgIpc) is 3.44.